The fraction of sp³-hybridized carbons (Fsp3) is 0.273. The molecular formula is C22H25NO. The lowest BCUT2D eigenvalue weighted by Gasteiger charge is -2.26. The highest BCUT2D eigenvalue weighted by molar-refractivity contribution is 5.85. The molecule has 0 radical (unpaired) electrons. The third kappa shape index (κ3) is 3.70. The van der Waals surface area contributed by atoms with Crippen molar-refractivity contribution in [1.29, 1.82) is 0 Å². The van der Waals surface area contributed by atoms with Crippen LogP contribution in [0.5, 0.6) is 5.75 Å². The lowest BCUT2D eigenvalue weighted by molar-refractivity contribution is 0.415. The number of methoxy groups -OCH3 is 1. The zero-order chi connectivity index (χ0) is 16.8. The van der Waals surface area contributed by atoms with E-state index in [1.54, 1.807) is 7.11 Å². The van der Waals surface area contributed by atoms with Crippen LogP contribution in [0.25, 0.3) is 10.8 Å². The van der Waals surface area contributed by atoms with Crippen LogP contribution < -0.4 is 9.64 Å². The van der Waals surface area contributed by atoms with E-state index in [9.17, 15) is 0 Å². The van der Waals surface area contributed by atoms with Gasteiger partial charge in [0.2, 0.25) is 0 Å². The molecule has 24 heavy (non-hydrogen) atoms. The normalized spacial score (nSPS) is 10.8. The molecule has 0 saturated heterocycles. The Labute approximate surface area is 144 Å². The van der Waals surface area contributed by atoms with Crippen molar-refractivity contribution >= 4 is 16.5 Å². The first kappa shape index (κ1) is 16.4. The van der Waals surface area contributed by atoms with E-state index >= 15 is 0 Å². The van der Waals surface area contributed by atoms with Crippen LogP contribution in [0, 0.1) is 0 Å². The number of benzene rings is 3. The van der Waals surface area contributed by atoms with Gasteiger partial charge in [0.1, 0.15) is 5.75 Å². The summed E-state index contributed by atoms with van der Waals surface area (Å²) in [6.45, 7) is 4.23. The number of hydrogen-bond donors (Lipinski definition) is 0. The quantitative estimate of drug-likeness (QED) is 0.557. The van der Waals surface area contributed by atoms with Gasteiger partial charge in [-0.05, 0) is 47.0 Å². The number of hydrogen-bond acceptors (Lipinski definition) is 2. The summed E-state index contributed by atoms with van der Waals surface area (Å²) in [6.07, 6.45) is 2.39. The van der Waals surface area contributed by atoms with Gasteiger partial charge in [-0.3, -0.25) is 0 Å². The molecule has 0 aliphatic heterocycles. The first-order valence-corrected chi connectivity index (χ1v) is 8.67. The molecule has 3 aromatic carbocycles. The van der Waals surface area contributed by atoms with Gasteiger partial charge in [0.15, 0.2) is 0 Å². The molecule has 0 aromatic heterocycles. The number of unbranched alkanes of at least 4 members (excludes halogenated alkanes) is 1. The third-order valence-corrected chi connectivity index (χ3v) is 4.46. The zero-order valence-corrected chi connectivity index (χ0v) is 14.5. The van der Waals surface area contributed by atoms with Crippen molar-refractivity contribution in [3.63, 3.8) is 0 Å². The Morgan fingerprint density at radius 2 is 1.62 bits per heavy atom. The van der Waals surface area contributed by atoms with Crippen LogP contribution in [0.15, 0.2) is 66.7 Å². The minimum absolute atomic E-state index is 0.902. The highest BCUT2D eigenvalue weighted by Crippen LogP contribution is 2.25. The first-order valence-electron chi connectivity index (χ1n) is 8.67. The standard InChI is InChI=1S/C22H25NO/c1-3-4-16-23(20-12-14-21(24-2)15-13-20)17-19-10-7-9-18-8-5-6-11-22(18)19/h5-15H,3-4,16-17H2,1-2H3. The number of anilines is 1. The van der Waals surface area contributed by atoms with Crippen molar-refractivity contribution in [3.8, 4) is 5.75 Å². The molecule has 124 valence electrons. The lowest BCUT2D eigenvalue weighted by atomic mass is 10.0. The van der Waals surface area contributed by atoms with E-state index in [1.807, 2.05) is 12.1 Å². The molecule has 0 saturated carbocycles. The highest BCUT2D eigenvalue weighted by Gasteiger charge is 2.09. The monoisotopic (exact) mass is 319 g/mol. The number of ether oxygens (including phenoxy) is 1. The average Bonchev–Trinajstić information content (AvgIpc) is 2.65. The molecule has 2 nitrogen and oxygen atoms in total. The Morgan fingerprint density at radius 1 is 0.875 bits per heavy atom. The van der Waals surface area contributed by atoms with Crippen molar-refractivity contribution in [1.82, 2.24) is 0 Å². The molecule has 2 heteroatoms. The predicted octanol–water partition coefficient (Wildman–Crippen LogP) is 5.66. The summed E-state index contributed by atoms with van der Waals surface area (Å²) >= 11 is 0. The van der Waals surface area contributed by atoms with Crippen LogP contribution in [0.2, 0.25) is 0 Å². The number of nitrogens with zero attached hydrogens (tertiary/aromatic N) is 1. The molecule has 0 bridgehead atoms. The van der Waals surface area contributed by atoms with Gasteiger partial charge >= 0.3 is 0 Å². The van der Waals surface area contributed by atoms with Gasteiger partial charge in [0, 0.05) is 18.8 Å². The fourth-order valence-electron chi connectivity index (χ4n) is 3.08. The van der Waals surface area contributed by atoms with Crippen LogP contribution in [0.3, 0.4) is 0 Å². The van der Waals surface area contributed by atoms with E-state index in [2.05, 4.69) is 66.4 Å². The van der Waals surface area contributed by atoms with E-state index in [1.165, 1.54) is 34.9 Å². The largest absolute Gasteiger partial charge is 0.497 e. The summed E-state index contributed by atoms with van der Waals surface area (Å²) in [5.74, 6) is 0.902. The molecule has 0 unspecified atom stereocenters. The van der Waals surface area contributed by atoms with Crippen LogP contribution >= 0.6 is 0 Å². The zero-order valence-electron chi connectivity index (χ0n) is 14.5. The van der Waals surface area contributed by atoms with Gasteiger partial charge in [-0.2, -0.15) is 0 Å². The minimum Gasteiger partial charge on any atom is -0.497 e. The maximum absolute atomic E-state index is 5.29. The Kier molecular flexibility index (Phi) is 5.37. The van der Waals surface area contributed by atoms with E-state index in [0.717, 1.165) is 18.8 Å². The van der Waals surface area contributed by atoms with Crippen molar-refractivity contribution in [2.45, 2.75) is 26.3 Å². The minimum atomic E-state index is 0.902. The summed E-state index contributed by atoms with van der Waals surface area (Å²) in [5, 5.41) is 2.65. The second-order valence-electron chi connectivity index (χ2n) is 6.11. The highest BCUT2D eigenvalue weighted by atomic mass is 16.5. The van der Waals surface area contributed by atoms with Crippen molar-refractivity contribution in [2.75, 3.05) is 18.6 Å². The number of rotatable bonds is 7. The molecule has 0 amide bonds. The smallest absolute Gasteiger partial charge is 0.119 e. The van der Waals surface area contributed by atoms with Crippen molar-refractivity contribution < 1.29 is 4.74 Å². The maximum atomic E-state index is 5.29. The molecule has 0 aliphatic carbocycles. The van der Waals surface area contributed by atoms with Gasteiger partial charge in [0.05, 0.1) is 7.11 Å². The summed E-state index contributed by atoms with van der Waals surface area (Å²) in [7, 11) is 1.71. The molecule has 0 heterocycles. The summed E-state index contributed by atoms with van der Waals surface area (Å²) in [6, 6.07) is 23.6. The van der Waals surface area contributed by atoms with E-state index in [0.29, 0.717) is 0 Å². The van der Waals surface area contributed by atoms with Crippen LogP contribution in [-0.4, -0.2) is 13.7 Å². The Hall–Kier alpha value is -2.48. The van der Waals surface area contributed by atoms with Gasteiger partial charge in [-0.25, -0.2) is 0 Å². The SMILES string of the molecule is CCCCN(Cc1cccc2ccccc12)c1ccc(OC)cc1. The fourth-order valence-corrected chi connectivity index (χ4v) is 3.08. The van der Waals surface area contributed by atoms with Crippen molar-refractivity contribution in [3.05, 3.63) is 72.3 Å². The lowest BCUT2D eigenvalue weighted by Crippen LogP contribution is -2.23. The van der Waals surface area contributed by atoms with Gasteiger partial charge in [-0.15, -0.1) is 0 Å². The molecule has 0 fully saturated rings. The molecular weight excluding hydrogens is 294 g/mol. The third-order valence-electron chi connectivity index (χ3n) is 4.46. The molecule has 0 aliphatic rings. The molecule has 0 spiro atoms. The second-order valence-corrected chi connectivity index (χ2v) is 6.11. The first-order chi connectivity index (χ1) is 11.8. The average molecular weight is 319 g/mol. The van der Waals surface area contributed by atoms with E-state index in [4.69, 9.17) is 4.74 Å². The summed E-state index contributed by atoms with van der Waals surface area (Å²) in [5.41, 5.74) is 2.62. The van der Waals surface area contributed by atoms with Gasteiger partial charge in [-0.1, -0.05) is 55.8 Å². The molecule has 3 rings (SSSR count). The van der Waals surface area contributed by atoms with E-state index in [-0.39, 0.29) is 0 Å². The summed E-state index contributed by atoms with van der Waals surface area (Å²) < 4.78 is 5.29. The van der Waals surface area contributed by atoms with Crippen molar-refractivity contribution in [2.24, 2.45) is 0 Å². The molecule has 0 atom stereocenters. The van der Waals surface area contributed by atoms with Gasteiger partial charge < -0.3 is 9.64 Å². The maximum Gasteiger partial charge on any atom is 0.119 e. The molecule has 3 aromatic rings. The molecule has 0 N–H and O–H groups in total. The van der Waals surface area contributed by atoms with Gasteiger partial charge in [0.25, 0.3) is 0 Å². The van der Waals surface area contributed by atoms with Crippen LogP contribution in [0.4, 0.5) is 5.69 Å². The Balaban J connectivity index is 1.90. The summed E-state index contributed by atoms with van der Waals surface area (Å²) in [4.78, 5) is 2.46. The van der Waals surface area contributed by atoms with Crippen LogP contribution in [-0.2, 0) is 6.54 Å². The van der Waals surface area contributed by atoms with E-state index < -0.39 is 0 Å². The number of fused-ring (bicyclic) bond motifs is 1. The van der Waals surface area contributed by atoms with Crippen LogP contribution in [0.1, 0.15) is 25.3 Å². The Morgan fingerprint density at radius 3 is 2.38 bits per heavy atom. The Bertz CT molecular complexity index is 774. The predicted molar refractivity (Wildman–Crippen MR) is 103 cm³/mol. The second kappa shape index (κ2) is 7.87. The topological polar surface area (TPSA) is 12.5 Å².